The van der Waals surface area contributed by atoms with Crippen LogP contribution in [0.4, 0.5) is 5.95 Å². The Hall–Kier alpha value is -3.05. The standard InChI is InChI=1S/C18H24N8O3/c1-24-14-5-4-12(10-13(14)20-18(24)19-6-8-28-3)17(27)26-7-9-29-15(11-26)16-21-23-25(2)22-16/h4-5,10,15H,6-9,11H2,1-3H3,(H,19,20). The molecule has 0 radical (unpaired) electrons. The number of amides is 1. The largest absolute Gasteiger partial charge is 0.383 e. The lowest BCUT2D eigenvalue weighted by Crippen LogP contribution is -2.42. The maximum Gasteiger partial charge on any atom is 0.254 e. The number of tetrazole rings is 1. The summed E-state index contributed by atoms with van der Waals surface area (Å²) in [5, 5.41) is 15.3. The predicted molar refractivity (Wildman–Crippen MR) is 104 cm³/mol. The van der Waals surface area contributed by atoms with E-state index in [1.165, 1.54) is 4.80 Å². The molecule has 1 fully saturated rings. The van der Waals surface area contributed by atoms with Crippen LogP contribution in [0.3, 0.4) is 0 Å². The first-order chi connectivity index (χ1) is 14.1. The average Bonchev–Trinajstić information content (AvgIpc) is 3.31. The van der Waals surface area contributed by atoms with Crippen molar-refractivity contribution in [3.63, 3.8) is 0 Å². The first-order valence-corrected chi connectivity index (χ1v) is 9.41. The Kier molecular flexibility index (Phi) is 5.41. The summed E-state index contributed by atoms with van der Waals surface area (Å²) < 4.78 is 12.7. The SMILES string of the molecule is COCCNc1nc2cc(C(=O)N3CCOC(c4nnn(C)n4)C3)ccc2n1C. The number of imidazole rings is 1. The molecule has 2 aromatic heterocycles. The molecule has 1 aliphatic heterocycles. The summed E-state index contributed by atoms with van der Waals surface area (Å²) in [6, 6.07) is 5.57. The molecule has 3 heterocycles. The number of ether oxygens (including phenoxy) is 2. The van der Waals surface area contributed by atoms with Gasteiger partial charge in [0.15, 0.2) is 0 Å². The number of hydrogen-bond donors (Lipinski definition) is 1. The van der Waals surface area contributed by atoms with Crippen LogP contribution in [0.15, 0.2) is 18.2 Å². The van der Waals surface area contributed by atoms with E-state index in [0.29, 0.717) is 44.2 Å². The number of carbonyl (C=O) groups is 1. The van der Waals surface area contributed by atoms with Gasteiger partial charge in [-0.15, -0.1) is 10.2 Å². The third kappa shape index (κ3) is 3.91. The van der Waals surface area contributed by atoms with Crippen molar-refractivity contribution in [1.29, 1.82) is 0 Å². The number of morpholine rings is 1. The van der Waals surface area contributed by atoms with E-state index in [4.69, 9.17) is 9.47 Å². The Morgan fingerprint density at radius 2 is 2.24 bits per heavy atom. The molecule has 1 saturated heterocycles. The fourth-order valence-electron chi connectivity index (χ4n) is 3.36. The molecule has 11 heteroatoms. The van der Waals surface area contributed by atoms with Gasteiger partial charge >= 0.3 is 0 Å². The summed E-state index contributed by atoms with van der Waals surface area (Å²) in [4.78, 5) is 20.8. The van der Waals surface area contributed by atoms with Crippen molar-refractivity contribution >= 4 is 22.9 Å². The molecule has 0 saturated carbocycles. The third-order valence-corrected chi connectivity index (χ3v) is 4.88. The van der Waals surface area contributed by atoms with Crippen molar-refractivity contribution in [3.8, 4) is 0 Å². The van der Waals surface area contributed by atoms with Crippen LogP contribution in [-0.4, -0.2) is 80.5 Å². The zero-order valence-electron chi connectivity index (χ0n) is 16.7. The van der Waals surface area contributed by atoms with Crippen LogP contribution in [-0.2, 0) is 23.6 Å². The quantitative estimate of drug-likeness (QED) is 0.591. The van der Waals surface area contributed by atoms with Crippen molar-refractivity contribution in [1.82, 2.24) is 34.7 Å². The van der Waals surface area contributed by atoms with E-state index < -0.39 is 0 Å². The highest BCUT2D eigenvalue weighted by molar-refractivity contribution is 5.97. The van der Waals surface area contributed by atoms with Crippen molar-refractivity contribution in [3.05, 3.63) is 29.6 Å². The Bertz CT molecular complexity index is 1010. The number of nitrogens with one attached hydrogen (secondary N) is 1. The average molecular weight is 400 g/mol. The molecular weight excluding hydrogens is 376 g/mol. The van der Waals surface area contributed by atoms with Gasteiger partial charge in [-0.25, -0.2) is 4.98 Å². The number of fused-ring (bicyclic) bond motifs is 1. The summed E-state index contributed by atoms with van der Waals surface area (Å²) in [5.41, 5.74) is 2.30. The number of aromatic nitrogens is 6. The second kappa shape index (κ2) is 8.13. The number of aryl methyl sites for hydroxylation is 2. The zero-order valence-corrected chi connectivity index (χ0v) is 16.7. The molecule has 29 heavy (non-hydrogen) atoms. The topological polar surface area (TPSA) is 112 Å². The van der Waals surface area contributed by atoms with Crippen LogP contribution in [0.5, 0.6) is 0 Å². The van der Waals surface area contributed by atoms with Crippen molar-refractivity contribution in [2.45, 2.75) is 6.10 Å². The number of carbonyl (C=O) groups excluding carboxylic acids is 1. The van der Waals surface area contributed by atoms with Gasteiger partial charge in [0.05, 0.1) is 37.8 Å². The number of nitrogens with zero attached hydrogens (tertiary/aromatic N) is 7. The molecule has 1 unspecified atom stereocenters. The minimum Gasteiger partial charge on any atom is -0.383 e. The lowest BCUT2D eigenvalue weighted by atomic mass is 10.1. The Balaban J connectivity index is 1.51. The summed E-state index contributed by atoms with van der Waals surface area (Å²) >= 11 is 0. The molecule has 0 bridgehead atoms. The molecule has 1 N–H and O–H groups in total. The molecule has 154 valence electrons. The summed E-state index contributed by atoms with van der Waals surface area (Å²) in [7, 11) is 5.29. The number of methoxy groups -OCH3 is 1. The maximum atomic E-state index is 13.1. The number of benzene rings is 1. The van der Waals surface area contributed by atoms with E-state index in [-0.39, 0.29) is 12.0 Å². The van der Waals surface area contributed by atoms with E-state index in [1.54, 1.807) is 19.1 Å². The number of anilines is 1. The van der Waals surface area contributed by atoms with Crippen molar-refractivity contribution < 1.29 is 14.3 Å². The van der Waals surface area contributed by atoms with Gasteiger partial charge in [0.1, 0.15) is 6.10 Å². The minimum absolute atomic E-state index is 0.0661. The lowest BCUT2D eigenvalue weighted by Gasteiger charge is -2.31. The van der Waals surface area contributed by atoms with Crippen LogP contribution < -0.4 is 5.32 Å². The van der Waals surface area contributed by atoms with Crippen molar-refractivity contribution in [2.24, 2.45) is 14.1 Å². The summed E-state index contributed by atoms with van der Waals surface area (Å²) in [6.45, 7) is 2.57. The highest BCUT2D eigenvalue weighted by atomic mass is 16.5. The molecule has 1 amide bonds. The molecule has 11 nitrogen and oxygen atoms in total. The zero-order chi connectivity index (χ0) is 20.4. The summed E-state index contributed by atoms with van der Waals surface area (Å²) in [6.07, 6.45) is -0.378. The second-order valence-electron chi connectivity index (χ2n) is 6.87. The third-order valence-electron chi connectivity index (χ3n) is 4.88. The van der Waals surface area contributed by atoms with Crippen LogP contribution >= 0.6 is 0 Å². The van der Waals surface area contributed by atoms with E-state index in [0.717, 1.165) is 17.0 Å². The van der Waals surface area contributed by atoms with Crippen LogP contribution in [0.2, 0.25) is 0 Å². The Labute approximate surface area is 167 Å². The molecule has 1 atom stereocenters. The van der Waals surface area contributed by atoms with E-state index in [9.17, 15) is 4.79 Å². The molecule has 3 aromatic rings. The highest BCUT2D eigenvalue weighted by Crippen LogP contribution is 2.23. The van der Waals surface area contributed by atoms with Crippen LogP contribution in [0, 0.1) is 0 Å². The lowest BCUT2D eigenvalue weighted by molar-refractivity contribution is -0.0269. The van der Waals surface area contributed by atoms with Crippen LogP contribution in [0.1, 0.15) is 22.3 Å². The van der Waals surface area contributed by atoms with E-state index in [1.807, 2.05) is 29.8 Å². The number of hydrogen-bond acceptors (Lipinski definition) is 8. The molecule has 0 aliphatic carbocycles. The second-order valence-corrected chi connectivity index (χ2v) is 6.87. The summed E-state index contributed by atoms with van der Waals surface area (Å²) in [5.74, 6) is 1.16. The number of rotatable bonds is 6. The predicted octanol–water partition coefficient (Wildman–Crippen LogP) is 0.369. The monoisotopic (exact) mass is 400 g/mol. The van der Waals surface area contributed by atoms with Gasteiger partial charge in [0, 0.05) is 32.8 Å². The minimum atomic E-state index is -0.378. The normalized spacial score (nSPS) is 17.1. The first kappa shape index (κ1) is 19.3. The molecule has 0 spiro atoms. The van der Waals surface area contributed by atoms with E-state index >= 15 is 0 Å². The Morgan fingerprint density at radius 1 is 1.38 bits per heavy atom. The maximum absolute atomic E-state index is 13.1. The molecule has 1 aliphatic rings. The van der Waals surface area contributed by atoms with Gasteiger partial charge in [-0.3, -0.25) is 4.79 Å². The Morgan fingerprint density at radius 3 is 3.00 bits per heavy atom. The highest BCUT2D eigenvalue weighted by Gasteiger charge is 2.29. The molecule has 1 aromatic carbocycles. The fraction of sp³-hybridized carbons (Fsp3) is 0.500. The fourth-order valence-corrected chi connectivity index (χ4v) is 3.36. The van der Waals surface area contributed by atoms with Gasteiger partial charge in [0.25, 0.3) is 5.91 Å². The van der Waals surface area contributed by atoms with Crippen LogP contribution in [0.25, 0.3) is 11.0 Å². The van der Waals surface area contributed by atoms with Gasteiger partial charge in [0.2, 0.25) is 11.8 Å². The van der Waals surface area contributed by atoms with Gasteiger partial charge in [-0.05, 0) is 23.4 Å². The van der Waals surface area contributed by atoms with Gasteiger partial charge in [-0.1, -0.05) is 0 Å². The van der Waals surface area contributed by atoms with Gasteiger partial charge in [-0.2, -0.15) is 4.80 Å². The first-order valence-electron chi connectivity index (χ1n) is 9.41. The van der Waals surface area contributed by atoms with E-state index in [2.05, 4.69) is 25.7 Å². The smallest absolute Gasteiger partial charge is 0.254 e. The van der Waals surface area contributed by atoms with Gasteiger partial charge < -0.3 is 24.3 Å². The molecular formula is C18H24N8O3. The molecule has 4 rings (SSSR count). The van der Waals surface area contributed by atoms with Crippen molar-refractivity contribution in [2.75, 3.05) is 45.3 Å².